The summed E-state index contributed by atoms with van der Waals surface area (Å²) in [6, 6.07) is 11.6. The van der Waals surface area contributed by atoms with Gasteiger partial charge in [0, 0.05) is 29.6 Å². The molecule has 0 bridgehead atoms. The van der Waals surface area contributed by atoms with E-state index in [2.05, 4.69) is 25.4 Å². The van der Waals surface area contributed by atoms with Crippen molar-refractivity contribution in [2.45, 2.75) is 0 Å². The molecule has 0 unspecified atom stereocenters. The number of methoxy groups -OCH3 is 1. The molecule has 4 aromatic rings. The van der Waals surface area contributed by atoms with Crippen LogP contribution in [0.5, 0.6) is 5.75 Å². The average molecular weight is 362 g/mol. The number of benzene rings is 1. The number of hydrogen-bond donors (Lipinski definition) is 2. The van der Waals surface area contributed by atoms with Crippen LogP contribution in [0.25, 0.3) is 17.2 Å². The van der Waals surface area contributed by atoms with Gasteiger partial charge in [-0.3, -0.25) is 19.6 Å². The van der Waals surface area contributed by atoms with Crippen molar-refractivity contribution >= 4 is 17.5 Å². The van der Waals surface area contributed by atoms with Crippen LogP contribution < -0.4 is 15.6 Å². The van der Waals surface area contributed by atoms with Crippen LogP contribution in [-0.2, 0) is 0 Å². The zero-order valence-corrected chi connectivity index (χ0v) is 14.2. The van der Waals surface area contributed by atoms with Gasteiger partial charge in [-0.15, -0.1) is 5.10 Å². The number of nitrogens with zero attached hydrogens (tertiary/aromatic N) is 4. The van der Waals surface area contributed by atoms with Gasteiger partial charge < -0.3 is 10.1 Å². The molecular weight excluding hydrogens is 348 g/mol. The standard InChI is InChI=1S/C18H14N6O3/c1-27-13-4-2-11(3-5-13)16-22-18-21-15(25)10-14(24(18)23-16)20-17(26)12-6-8-19-9-7-12/h2-10H,1H3,(H,20,26)(H,21,22,23,25). The van der Waals surface area contributed by atoms with Crippen molar-refractivity contribution in [2.24, 2.45) is 0 Å². The third-order valence-electron chi connectivity index (χ3n) is 3.87. The normalized spacial score (nSPS) is 10.7. The zero-order chi connectivity index (χ0) is 18.8. The monoisotopic (exact) mass is 362 g/mol. The maximum Gasteiger partial charge on any atom is 0.256 e. The molecule has 0 saturated heterocycles. The van der Waals surface area contributed by atoms with E-state index in [1.807, 2.05) is 0 Å². The van der Waals surface area contributed by atoms with Gasteiger partial charge in [0.05, 0.1) is 7.11 Å². The van der Waals surface area contributed by atoms with Crippen LogP contribution >= 0.6 is 0 Å². The van der Waals surface area contributed by atoms with Crippen molar-refractivity contribution in [3.63, 3.8) is 0 Å². The molecule has 0 atom stereocenters. The number of aromatic amines is 1. The Labute approximate surface area is 152 Å². The summed E-state index contributed by atoms with van der Waals surface area (Å²) in [6.45, 7) is 0. The van der Waals surface area contributed by atoms with Gasteiger partial charge in [0.25, 0.3) is 11.5 Å². The largest absolute Gasteiger partial charge is 0.497 e. The lowest BCUT2D eigenvalue weighted by Crippen LogP contribution is -2.18. The fraction of sp³-hybridized carbons (Fsp3) is 0.0556. The molecule has 9 nitrogen and oxygen atoms in total. The van der Waals surface area contributed by atoms with Crippen LogP contribution in [-0.4, -0.2) is 37.6 Å². The number of aromatic nitrogens is 5. The molecule has 4 rings (SSSR count). The van der Waals surface area contributed by atoms with Gasteiger partial charge in [0.2, 0.25) is 5.78 Å². The highest BCUT2D eigenvalue weighted by Gasteiger charge is 2.14. The van der Waals surface area contributed by atoms with E-state index in [0.717, 1.165) is 5.56 Å². The van der Waals surface area contributed by atoms with Gasteiger partial charge in [-0.2, -0.15) is 9.50 Å². The first kappa shape index (κ1) is 16.5. The van der Waals surface area contributed by atoms with Crippen molar-refractivity contribution in [2.75, 3.05) is 12.4 Å². The van der Waals surface area contributed by atoms with Crippen molar-refractivity contribution in [1.82, 2.24) is 24.6 Å². The fourth-order valence-corrected chi connectivity index (χ4v) is 2.54. The van der Waals surface area contributed by atoms with Gasteiger partial charge in [0.15, 0.2) is 5.82 Å². The van der Waals surface area contributed by atoms with Crippen LogP contribution in [0, 0.1) is 0 Å². The van der Waals surface area contributed by atoms with E-state index >= 15 is 0 Å². The Bertz CT molecular complexity index is 1170. The summed E-state index contributed by atoms with van der Waals surface area (Å²) < 4.78 is 6.51. The van der Waals surface area contributed by atoms with E-state index in [4.69, 9.17) is 4.74 Å². The number of carbonyl (C=O) groups is 1. The van der Waals surface area contributed by atoms with Crippen molar-refractivity contribution in [3.8, 4) is 17.1 Å². The Morgan fingerprint density at radius 2 is 1.89 bits per heavy atom. The Kier molecular flexibility index (Phi) is 4.09. The Balaban J connectivity index is 1.73. The van der Waals surface area contributed by atoms with Crippen molar-refractivity contribution in [3.05, 3.63) is 70.8 Å². The first-order chi connectivity index (χ1) is 13.1. The zero-order valence-electron chi connectivity index (χ0n) is 14.2. The summed E-state index contributed by atoms with van der Waals surface area (Å²) in [4.78, 5) is 35.1. The van der Waals surface area contributed by atoms with Crippen molar-refractivity contribution < 1.29 is 9.53 Å². The summed E-state index contributed by atoms with van der Waals surface area (Å²) in [7, 11) is 1.58. The number of anilines is 1. The van der Waals surface area contributed by atoms with Gasteiger partial charge in [-0.25, -0.2) is 0 Å². The average Bonchev–Trinajstić information content (AvgIpc) is 3.13. The number of amides is 1. The molecule has 2 N–H and O–H groups in total. The summed E-state index contributed by atoms with van der Waals surface area (Å²) in [6.07, 6.45) is 3.03. The molecule has 0 aliphatic rings. The summed E-state index contributed by atoms with van der Waals surface area (Å²) in [5.74, 6) is 1.16. The van der Waals surface area contributed by atoms with E-state index in [0.29, 0.717) is 17.1 Å². The molecule has 134 valence electrons. The summed E-state index contributed by atoms with van der Waals surface area (Å²) in [5, 5.41) is 7.07. The highest BCUT2D eigenvalue weighted by atomic mass is 16.5. The quantitative estimate of drug-likeness (QED) is 0.571. The fourth-order valence-electron chi connectivity index (χ4n) is 2.54. The number of nitrogens with one attached hydrogen (secondary N) is 2. The lowest BCUT2D eigenvalue weighted by Gasteiger charge is -2.05. The number of rotatable bonds is 4. The van der Waals surface area contributed by atoms with Crippen LogP contribution in [0.3, 0.4) is 0 Å². The number of fused-ring (bicyclic) bond motifs is 1. The molecular formula is C18H14N6O3. The molecule has 9 heteroatoms. The number of H-pyrrole nitrogens is 1. The molecule has 3 aromatic heterocycles. The number of ether oxygens (including phenoxy) is 1. The maximum atomic E-state index is 12.4. The topological polar surface area (TPSA) is 114 Å². The molecule has 0 aliphatic carbocycles. The second-order valence-corrected chi connectivity index (χ2v) is 5.61. The highest BCUT2D eigenvalue weighted by molar-refractivity contribution is 6.03. The molecule has 1 aromatic carbocycles. The molecule has 0 radical (unpaired) electrons. The molecule has 27 heavy (non-hydrogen) atoms. The third kappa shape index (κ3) is 3.25. The van der Waals surface area contributed by atoms with Gasteiger partial charge >= 0.3 is 0 Å². The minimum absolute atomic E-state index is 0.211. The Morgan fingerprint density at radius 3 is 2.59 bits per heavy atom. The van der Waals surface area contributed by atoms with E-state index in [-0.39, 0.29) is 17.5 Å². The van der Waals surface area contributed by atoms with E-state index in [1.165, 1.54) is 23.0 Å². The van der Waals surface area contributed by atoms with Gasteiger partial charge in [-0.05, 0) is 36.4 Å². The van der Waals surface area contributed by atoms with E-state index in [9.17, 15) is 9.59 Å². The molecule has 0 spiro atoms. The predicted octanol–water partition coefficient (Wildman–Crippen LogP) is 1.74. The van der Waals surface area contributed by atoms with Gasteiger partial charge in [0.1, 0.15) is 11.6 Å². The first-order valence-corrected chi connectivity index (χ1v) is 8.00. The Hall–Kier alpha value is -4.01. The summed E-state index contributed by atoms with van der Waals surface area (Å²) in [5.41, 5.74) is 0.752. The van der Waals surface area contributed by atoms with Crippen LogP contribution in [0.4, 0.5) is 5.82 Å². The summed E-state index contributed by atoms with van der Waals surface area (Å²) >= 11 is 0. The smallest absolute Gasteiger partial charge is 0.256 e. The molecule has 0 saturated carbocycles. The lowest BCUT2D eigenvalue weighted by atomic mass is 10.2. The predicted molar refractivity (Wildman–Crippen MR) is 97.8 cm³/mol. The SMILES string of the molecule is COc1ccc(-c2nc3[nH]c(=O)cc(NC(=O)c4ccncc4)n3n2)cc1. The van der Waals surface area contributed by atoms with E-state index < -0.39 is 5.56 Å². The molecule has 3 heterocycles. The molecule has 0 fully saturated rings. The lowest BCUT2D eigenvalue weighted by molar-refractivity contribution is 0.102. The van der Waals surface area contributed by atoms with E-state index in [1.54, 1.807) is 43.5 Å². The van der Waals surface area contributed by atoms with Crippen LogP contribution in [0.1, 0.15) is 10.4 Å². The number of pyridine rings is 1. The number of hydrogen-bond acceptors (Lipinski definition) is 6. The first-order valence-electron chi connectivity index (χ1n) is 8.00. The Morgan fingerprint density at radius 1 is 1.15 bits per heavy atom. The molecule has 1 amide bonds. The van der Waals surface area contributed by atoms with Gasteiger partial charge in [-0.1, -0.05) is 0 Å². The molecule has 0 aliphatic heterocycles. The number of carbonyl (C=O) groups excluding carboxylic acids is 1. The van der Waals surface area contributed by atoms with Crippen LogP contribution in [0.15, 0.2) is 59.7 Å². The minimum Gasteiger partial charge on any atom is -0.497 e. The minimum atomic E-state index is -0.402. The third-order valence-corrected chi connectivity index (χ3v) is 3.87. The second-order valence-electron chi connectivity index (χ2n) is 5.61. The maximum absolute atomic E-state index is 12.4. The second kappa shape index (κ2) is 6.71. The highest BCUT2D eigenvalue weighted by Crippen LogP contribution is 2.20. The van der Waals surface area contributed by atoms with Crippen LogP contribution in [0.2, 0.25) is 0 Å². The van der Waals surface area contributed by atoms with Crippen molar-refractivity contribution in [1.29, 1.82) is 0 Å².